The second-order valence-corrected chi connectivity index (χ2v) is 5.07. The summed E-state index contributed by atoms with van der Waals surface area (Å²) >= 11 is 1.45. The lowest BCUT2D eigenvalue weighted by atomic mass is 9.98. The zero-order valence-corrected chi connectivity index (χ0v) is 10.4. The average Bonchev–Trinajstić information content (AvgIpc) is 2.74. The number of thioether (sulfide) groups is 1. The largest absolute Gasteiger partial charge is 0.480 e. The Hall–Kier alpha value is -0.750. The normalized spacial score (nSPS) is 24.2. The van der Waals surface area contributed by atoms with E-state index >= 15 is 0 Å². The second-order valence-electron chi connectivity index (χ2n) is 4.07. The molecule has 1 amide bonds. The van der Waals surface area contributed by atoms with Crippen LogP contribution in [-0.4, -0.2) is 45.6 Å². The molecule has 5 nitrogen and oxygen atoms in total. The molecule has 1 aliphatic heterocycles. The number of nitrogens with zero attached hydrogens (tertiary/aromatic N) is 1. The van der Waals surface area contributed by atoms with Crippen LogP contribution >= 0.6 is 11.8 Å². The molecule has 3 N–H and O–H groups in total. The van der Waals surface area contributed by atoms with Crippen molar-refractivity contribution in [1.29, 1.82) is 0 Å². The lowest BCUT2D eigenvalue weighted by molar-refractivity contribution is -0.148. The molecule has 0 aromatic carbocycles. The van der Waals surface area contributed by atoms with Crippen LogP contribution < -0.4 is 5.73 Å². The molecule has 1 aliphatic rings. The fourth-order valence-corrected chi connectivity index (χ4v) is 2.71. The SMILES string of the molecule is CCC(C)[C@H](N)C(=O)N1CSC[C@H]1C(=O)O. The van der Waals surface area contributed by atoms with E-state index < -0.39 is 18.1 Å². The number of amides is 1. The topological polar surface area (TPSA) is 83.6 Å². The van der Waals surface area contributed by atoms with Crippen molar-refractivity contribution in [2.45, 2.75) is 32.4 Å². The monoisotopic (exact) mass is 246 g/mol. The zero-order valence-electron chi connectivity index (χ0n) is 9.55. The summed E-state index contributed by atoms with van der Waals surface area (Å²) in [5.74, 6) is -0.234. The molecule has 0 aliphatic carbocycles. The molecule has 1 saturated heterocycles. The number of aliphatic carboxylic acids is 1. The van der Waals surface area contributed by atoms with Crippen molar-refractivity contribution in [3.05, 3.63) is 0 Å². The Labute approximate surface area is 99.4 Å². The summed E-state index contributed by atoms with van der Waals surface area (Å²) in [5, 5.41) is 8.96. The van der Waals surface area contributed by atoms with E-state index in [-0.39, 0.29) is 11.8 Å². The number of hydrogen-bond donors (Lipinski definition) is 2. The Morgan fingerprint density at radius 1 is 1.62 bits per heavy atom. The van der Waals surface area contributed by atoms with Crippen LogP contribution in [0, 0.1) is 5.92 Å². The third-order valence-corrected chi connectivity index (χ3v) is 4.00. The Morgan fingerprint density at radius 3 is 2.75 bits per heavy atom. The molecule has 1 heterocycles. The second kappa shape index (κ2) is 5.54. The predicted octanol–water partition coefficient (Wildman–Crippen LogP) is 0.346. The van der Waals surface area contributed by atoms with Crippen molar-refractivity contribution < 1.29 is 14.7 Å². The highest BCUT2D eigenvalue weighted by atomic mass is 32.2. The van der Waals surface area contributed by atoms with E-state index in [2.05, 4.69) is 0 Å². The van der Waals surface area contributed by atoms with Crippen molar-refractivity contribution in [3.8, 4) is 0 Å². The molecule has 1 rings (SSSR count). The van der Waals surface area contributed by atoms with E-state index in [0.717, 1.165) is 6.42 Å². The summed E-state index contributed by atoms with van der Waals surface area (Å²) in [4.78, 5) is 24.3. The van der Waals surface area contributed by atoms with Crippen LogP contribution in [0.25, 0.3) is 0 Å². The summed E-state index contributed by atoms with van der Waals surface area (Å²) in [7, 11) is 0. The van der Waals surface area contributed by atoms with Crippen LogP contribution in [-0.2, 0) is 9.59 Å². The van der Waals surface area contributed by atoms with E-state index in [1.54, 1.807) is 0 Å². The van der Waals surface area contributed by atoms with Crippen molar-refractivity contribution in [1.82, 2.24) is 4.90 Å². The minimum atomic E-state index is -0.949. The molecule has 0 bridgehead atoms. The van der Waals surface area contributed by atoms with Gasteiger partial charge in [-0.2, -0.15) is 0 Å². The van der Waals surface area contributed by atoms with Crippen molar-refractivity contribution in [3.63, 3.8) is 0 Å². The van der Waals surface area contributed by atoms with Gasteiger partial charge in [-0.25, -0.2) is 4.79 Å². The lowest BCUT2D eigenvalue weighted by Gasteiger charge is -2.26. The van der Waals surface area contributed by atoms with Crippen molar-refractivity contribution in [2.24, 2.45) is 11.7 Å². The molecule has 3 atom stereocenters. The van der Waals surface area contributed by atoms with Gasteiger partial charge in [0, 0.05) is 5.75 Å². The number of carboxylic acids is 1. The molecular formula is C10H18N2O3S. The maximum absolute atomic E-state index is 12.0. The molecule has 0 aromatic rings. The molecule has 1 fully saturated rings. The van der Waals surface area contributed by atoms with E-state index in [1.807, 2.05) is 13.8 Å². The molecule has 6 heteroatoms. The number of hydrogen-bond acceptors (Lipinski definition) is 4. The number of carboxylic acid groups (broad SMARTS) is 1. The molecule has 92 valence electrons. The van der Waals surface area contributed by atoms with E-state index in [0.29, 0.717) is 11.6 Å². The van der Waals surface area contributed by atoms with Gasteiger partial charge in [0.25, 0.3) is 0 Å². The Kier molecular flexibility index (Phi) is 4.61. The molecule has 0 aromatic heterocycles. The average molecular weight is 246 g/mol. The van der Waals surface area contributed by atoms with Crippen molar-refractivity contribution >= 4 is 23.6 Å². The first-order valence-electron chi connectivity index (χ1n) is 5.35. The summed E-state index contributed by atoms with van der Waals surface area (Å²) < 4.78 is 0. The van der Waals surface area contributed by atoms with E-state index in [4.69, 9.17) is 10.8 Å². The molecule has 0 spiro atoms. The lowest BCUT2D eigenvalue weighted by Crippen LogP contribution is -2.51. The standard InChI is InChI=1S/C10H18N2O3S/c1-3-6(2)8(11)9(13)12-5-16-4-7(12)10(14)15/h6-8H,3-5,11H2,1-2H3,(H,14,15)/t6?,7-,8-/m0/s1. The highest BCUT2D eigenvalue weighted by Crippen LogP contribution is 2.23. The van der Waals surface area contributed by atoms with Gasteiger partial charge < -0.3 is 15.7 Å². The maximum Gasteiger partial charge on any atom is 0.327 e. The number of carbonyl (C=O) groups excluding carboxylic acids is 1. The summed E-state index contributed by atoms with van der Waals surface area (Å²) in [6, 6.07) is -1.31. The molecule has 0 saturated carbocycles. The quantitative estimate of drug-likeness (QED) is 0.747. The number of rotatable bonds is 4. The van der Waals surface area contributed by atoms with Gasteiger partial charge in [0.15, 0.2) is 0 Å². The first-order chi connectivity index (χ1) is 7.49. The van der Waals surface area contributed by atoms with Gasteiger partial charge in [-0.1, -0.05) is 20.3 Å². The minimum Gasteiger partial charge on any atom is -0.480 e. The Balaban J connectivity index is 2.69. The number of carbonyl (C=O) groups is 2. The minimum absolute atomic E-state index is 0.0764. The van der Waals surface area contributed by atoms with Crippen LogP contribution in [0.3, 0.4) is 0 Å². The highest BCUT2D eigenvalue weighted by Gasteiger charge is 2.37. The Bertz CT molecular complexity index is 285. The van der Waals surface area contributed by atoms with Crippen LogP contribution in [0.15, 0.2) is 0 Å². The molecule has 0 radical (unpaired) electrons. The van der Waals surface area contributed by atoms with E-state index in [9.17, 15) is 9.59 Å². The Morgan fingerprint density at radius 2 is 2.25 bits per heavy atom. The maximum atomic E-state index is 12.0. The van der Waals surface area contributed by atoms with Gasteiger partial charge in [-0.3, -0.25) is 4.79 Å². The third-order valence-electron chi connectivity index (χ3n) is 2.99. The summed E-state index contributed by atoms with van der Waals surface area (Å²) in [6.45, 7) is 3.87. The van der Waals surface area contributed by atoms with Gasteiger partial charge in [-0.15, -0.1) is 11.8 Å². The van der Waals surface area contributed by atoms with Gasteiger partial charge in [-0.05, 0) is 5.92 Å². The van der Waals surface area contributed by atoms with Gasteiger partial charge >= 0.3 is 5.97 Å². The zero-order chi connectivity index (χ0) is 12.3. The summed E-state index contributed by atoms with van der Waals surface area (Å²) in [5.41, 5.74) is 5.82. The first-order valence-corrected chi connectivity index (χ1v) is 6.51. The fraction of sp³-hybridized carbons (Fsp3) is 0.800. The third kappa shape index (κ3) is 2.68. The van der Waals surface area contributed by atoms with Gasteiger partial charge in [0.1, 0.15) is 6.04 Å². The molecular weight excluding hydrogens is 228 g/mol. The summed E-state index contributed by atoms with van der Waals surface area (Å²) in [6.07, 6.45) is 0.811. The van der Waals surface area contributed by atoms with E-state index in [1.165, 1.54) is 16.7 Å². The van der Waals surface area contributed by atoms with Crippen LogP contribution in [0.1, 0.15) is 20.3 Å². The van der Waals surface area contributed by atoms with Crippen LogP contribution in [0.5, 0.6) is 0 Å². The van der Waals surface area contributed by atoms with Crippen LogP contribution in [0.2, 0.25) is 0 Å². The molecule has 1 unspecified atom stereocenters. The first kappa shape index (κ1) is 13.3. The fourth-order valence-electron chi connectivity index (χ4n) is 1.55. The molecule has 16 heavy (non-hydrogen) atoms. The highest BCUT2D eigenvalue weighted by molar-refractivity contribution is 7.99. The van der Waals surface area contributed by atoms with Gasteiger partial charge in [0.05, 0.1) is 11.9 Å². The number of nitrogens with two attached hydrogens (primary N) is 1. The predicted molar refractivity (Wildman–Crippen MR) is 63.0 cm³/mol. The van der Waals surface area contributed by atoms with Crippen molar-refractivity contribution in [2.75, 3.05) is 11.6 Å². The smallest absolute Gasteiger partial charge is 0.327 e. The van der Waals surface area contributed by atoms with Crippen LogP contribution in [0.4, 0.5) is 0 Å². The van der Waals surface area contributed by atoms with Gasteiger partial charge in [0.2, 0.25) is 5.91 Å².